The Morgan fingerprint density at radius 2 is 2.11 bits per heavy atom. The lowest BCUT2D eigenvalue weighted by Crippen LogP contribution is -2.45. The number of nitrogens with zero attached hydrogens (tertiary/aromatic N) is 1. The van der Waals surface area contributed by atoms with Crippen molar-refractivity contribution in [3.8, 4) is 0 Å². The van der Waals surface area contributed by atoms with E-state index in [1.807, 2.05) is 6.07 Å². The third kappa shape index (κ3) is 3.20. The summed E-state index contributed by atoms with van der Waals surface area (Å²) in [5, 5.41) is 12.6. The third-order valence-electron chi connectivity index (χ3n) is 3.32. The van der Waals surface area contributed by atoms with Crippen molar-refractivity contribution in [2.75, 3.05) is 32.8 Å². The van der Waals surface area contributed by atoms with Crippen molar-refractivity contribution in [2.24, 2.45) is 0 Å². The van der Waals surface area contributed by atoms with Crippen LogP contribution in [0.2, 0.25) is 5.02 Å². The number of aliphatic hydroxyl groups is 1. The fourth-order valence-electron chi connectivity index (χ4n) is 2.40. The van der Waals surface area contributed by atoms with Gasteiger partial charge in [0.05, 0.1) is 5.02 Å². The summed E-state index contributed by atoms with van der Waals surface area (Å²) < 4.78 is 13.5. The van der Waals surface area contributed by atoms with Gasteiger partial charge < -0.3 is 10.4 Å². The van der Waals surface area contributed by atoms with E-state index in [2.05, 4.69) is 10.2 Å². The van der Waals surface area contributed by atoms with Crippen LogP contribution in [0.5, 0.6) is 0 Å². The number of piperazine rings is 1. The number of hydrogen-bond acceptors (Lipinski definition) is 3. The molecular weight excluding hydrogens is 255 g/mol. The minimum atomic E-state index is -0.396. The van der Waals surface area contributed by atoms with Crippen molar-refractivity contribution in [1.29, 1.82) is 0 Å². The molecular formula is C13H18ClFN2O. The van der Waals surface area contributed by atoms with Gasteiger partial charge in [0.25, 0.3) is 0 Å². The second-order valence-corrected chi connectivity index (χ2v) is 4.89. The molecule has 100 valence electrons. The highest BCUT2D eigenvalue weighted by Crippen LogP contribution is 2.27. The van der Waals surface area contributed by atoms with Gasteiger partial charge in [0, 0.05) is 38.8 Å². The van der Waals surface area contributed by atoms with Crippen LogP contribution in [-0.2, 0) is 0 Å². The molecule has 5 heteroatoms. The number of aliphatic hydroxyl groups excluding tert-OH is 1. The largest absolute Gasteiger partial charge is 0.396 e. The van der Waals surface area contributed by atoms with Crippen LogP contribution < -0.4 is 5.32 Å². The van der Waals surface area contributed by atoms with Crippen molar-refractivity contribution in [1.82, 2.24) is 10.2 Å². The van der Waals surface area contributed by atoms with Crippen LogP contribution >= 0.6 is 11.6 Å². The fourth-order valence-corrected chi connectivity index (χ4v) is 2.51. The highest BCUT2D eigenvalue weighted by Gasteiger charge is 2.22. The maximum Gasteiger partial charge on any atom is 0.142 e. The molecule has 0 bridgehead atoms. The first-order valence-corrected chi connectivity index (χ1v) is 6.60. The second kappa shape index (κ2) is 6.48. The summed E-state index contributed by atoms with van der Waals surface area (Å²) in [6.07, 6.45) is 0.612. The molecule has 2 rings (SSSR count). The highest BCUT2D eigenvalue weighted by atomic mass is 35.5. The van der Waals surface area contributed by atoms with E-state index in [1.54, 1.807) is 6.07 Å². The molecule has 0 unspecified atom stereocenters. The van der Waals surface area contributed by atoms with Gasteiger partial charge in [-0.1, -0.05) is 17.7 Å². The van der Waals surface area contributed by atoms with Gasteiger partial charge in [-0.2, -0.15) is 0 Å². The van der Waals surface area contributed by atoms with Gasteiger partial charge in [0.15, 0.2) is 0 Å². The summed E-state index contributed by atoms with van der Waals surface area (Å²) in [4.78, 5) is 2.27. The molecule has 1 atom stereocenters. The lowest BCUT2D eigenvalue weighted by Gasteiger charge is -2.35. The maximum absolute atomic E-state index is 13.5. The normalized spacial score (nSPS) is 18.8. The Morgan fingerprint density at radius 1 is 1.39 bits per heavy atom. The topological polar surface area (TPSA) is 35.5 Å². The molecule has 0 saturated carbocycles. The molecule has 1 aliphatic heterocycles. The second-order valence-electron chi connectivity index (χ2n) is 4.49. The SMILES string of the molecule is OCC[C@@H](c1ccc(Cl)c(F)c1)N1CCNCC1. The Bertz CT molecular complexity index is 397. The molecule has 2 N–H and O–H groups in total. The van der Waals surface area contributed by atoms with Gasteiger partial charge in [-0.25, -0.2) is 4.39 Å². The van der Waals surface area contributed by atoms with Gasteiger partial charge in [-0.05, 0) is 24.1 Å². The number of benzene rings is 1. The van der Waals surface area contributed by atoms with Gasteiger partial charge in [0.1, 0.15) is 5.82 Å². The summed E-state index contributed by atoms with van der Waals surface area (Å²) in [5.74, 6) is -0.396. The van der Waals surface area contributed by atoms with Crippen LogP contribution in [0.4, 0.5) is 4.39 Å². The first-order chi connectivity index (χ1) is 8.72. The average molecular weight is 273 g/mol. The van der Waals surface area contributed by atoms with Gasteiger partial charge in [0.2, 0.25) is 0 Å². The highest BCUT2D eigenvalue weighted by molar-refractivity contribution is 6.30. The van der Waals surface area contributed by atoms with Crippen molar-refractivity contribution in [3.63, 3.8) is 0 Å². The number of rotatable bonds is 4. The molecule has 1 fully saturated rings. The molecule has 1 heterocycles. The van der Waals surface area contributed by atoms with E-state index >= 15 is 0 Å². The summed E-state index contributed by atoms with van der Waals surface area (Å²) in [5.41, 5.74) is 0.882. The monoisotopic (exact) mass is 272 g/mol. The van der Waals surface area contributed by atoms with E-state index < -0.39 is 5.82 Å². The van der Waals surface area contributed by atoms with E-state index in [0.29, 0.717) is 6.42 Å². The van der Waals surface area contributed by atoms with Gasteiger partial charge >= 0.3 is 0 Å². The average Bonchev–Trinajstić information content (AvgIpc) is 2.40. The van der Waals surface area contributed by atoms with E-state index in [9.17, 15) is 9.50 Å². The molecule has 1 aromatic rings. The third-order valence-corrected chi connectivity index (χ3v) is 3.63. The predicted molar refractivity (Wildman–Crippen MR) is 70.3 cm³/mol. The minimum absolute atomic E-state index is 0.0591. The molecule has 18 heavy (non-hydrogen) atoms. The van der Waals surface area contributed by atoms with Crippen LogP contribution in [0, 0.1) is 5.82 Å². The maximum atomic E-state index is 13.5. The van der Waals surface area contributed by atoms with Crippen LogP contribution in [0.25, 0.3) is 0 Å². The van der Waals surface area contributed by atoms with Gasteiger partial charge in [-0.3, -0.25) is 4.90 Å². The van der Waals surface area contributed by atoms with E-state index in [-0.39, 0.29) is 17.7 Å². The molecule has 0 aliphatic carbocycles. The van der Waals surface area contributed by atoms with Crippen molar-refractivity contribution in [3.05, 3.63) is 34.6 Å². The summed E-state index contributed by atoms with van der Waals surface area (Å²) in [6, 6.07) is 4.96. The molecule has 0 radical (unpaired) electrons. The first-order valence-electron chi connectivity index (χ1n) is 6.23. The number of hydrogen-bond donors (Lipinski definition) is 2. The molecule has 3 nitrogen and oxygen atoms in total. The summed E-state index contributed by atoms with van der Waals surface area (Å²) >= 11 is 5.70. The van der Waals surface area contributed by atoms with Crippen LogP contribution in [0.3, 0.4) is 0 Å². The van der Waals surface area contributed by atoms with E-state index in [1.165, 1.54) is 6.07 Å². The Morgan fingerprint density at radius 3 is 2.72 bits per heavy atom. The Kier molecular flexibility index (Phi) is 4.95. The first kappa shape index (κ1) is 13.7. The molecule has 0 spiro atoms. The minimum Gasteiger partial charge on any atom is -0.396 e. The van der Waals surface area contributed by atoms with Crippen molar-refractivity contribution < 1.29 is 9.50 Å². The Labute approximate surface area is 112 Å². The predicted octanol–water partition coefficient (Wildman–Crippen LogP) is 1.81. The number of nitrogens with one attached hydrogen (secondary N) is 1. The molecule has 1 saturated heterocycles. The smallest absolute Gasteiger partial charge is 0.142 e. The standard InChI is InChI=1S/C13H18ClFN2O/c14-11-2-1-10(9-12(11)15)13(3-8-18)17-6-4-16-5-7-17/h1-2,9,13,16,18H,3-8H2/t13-/m0/s1. The van der Waals surface area contributed by atoms with Crippen molar-refractivity contribution in [2.45, 2.75) is 12.5 Å². The van der Waals surface area contributed by atoms with E-state index in [4.69, 9.17) is 11.6 Å². The molecule has 1 aromatic carbocycles. The zero-order chi connectivity index (χ0) is 13.0. The van der Waals surface area contributed by atoms with Gasteiger partial charge in [-0.15, -0.1) is 0 Å². The molecule has 0 aromatic heterocycles. The fraction of sp³-hybridized carbons (Fsp3) is 0.538. The zero-order valence-corrected chi connectivity index (χ0v) is 11.0. The zero-order valence-electron chi connectivity index (χ0n) is 10.2. The lowest BCUT2D eigenvalue weighted by atomic mass is 10.0. The van der Waals surface area contributed by atoms with Crippen LogP contribution in [-0.4, -0.2) is 42.8 Å². The quantitative estimate of drug-likeness (QED) is 0.878. The van der Waals surface area contributed by atoms with Crippen molar-refractivity contribution >= 4 is 11.6 Å². The van der Waals surface area contributed by atoms with Crippen LogP contribution in [0.15, 0.2) is 18.2 Å². The summed E-state index contributed by atoms with van der Waals surface area (Å²) in [6.45, 7) is 3.78. The lowest BCUT2D eigenvalue weighted by molar-refractivity contribution is 0.141. The van der Waals surface area contributed by atoms with E-state index in [0.717, 1.165) is 31.7 Å². The molecule has 0 amide bonds. The number of halogens is 2. The van der Waals surface area contributed by atoms with Crippen LogP contribution in [0.1, 0.15) is 18.0 Å². The summed E-state index contributed by atoms with van der Waals surface area (Å²) in [7, 11) is 0. The Balaban J connectivity index is 2.19. The molecule has 1 aliphatic rings. The Hall–Kier alpha value is -0.680.